The number of carboxylic acids is 1. The van der Waals surface area contributed by atoms with Crippen molar-refractivity contribution in [3.8, 4) is 34.1 Å². The number of carboxylic acid groups (broad SMARTS) is 1. The number of likely N-dealkylation sites (tertiary alicyclic amines) is 1. The highest BCUT2D eigenvalue weighted by Gasteiger charge is 2.36. The second kappa shape index (κ2) is 12.1. The van der Waals surface area contributed by atoms with Gasteiger partial charge in [0.25, 0.3) is 0 Å². The summed E-state index contributed by atoms with van der Waals surface area (Å²) in [5.41, 5.74) is 2.28. The van der Waals surface area contributed by atoms with Crippen LogP contribution in [0.1, 0.15) is 46.5 Å². The van der Waals surface area contributed by atoms with E-state index >= 15 is 0 Å². The quantitative estimate of drug-likeness (QED) is 0.249. The van der Waals surface area contributed by atoms with Gasteiger partial charge in [0.15, 0.2) is 0 Å². The number of piperidine rings is 1. The molecule has 1 fully saturated rings. The molecule has 42 heavy (non-hydrogen) atoms. The van der Waals surface area contributed by atoms with Crippen molar-refractivity contribution in [1.29, 1.82) is 0 Å². The number of carbonyl (C=O) groups is 2. The molecule has 1 N–H and O–H groups in total. The Bertz CT molecular complexity index is 1540. The van der Waals surface area contributed by atoms with Crippen molar-refractivity contribution in [3.05, 3.63) is 60.9 Å². The van der Waals surface area contributed by atoms with Crippen molar-refractivity contribution >= 4 is 23.2 Å². The molecule has 0 radical (unpaired) electrons. The molecule has 220 valence electrons. The van der Waals surface area contributed by atoms with Crippen molar-refractivity contribution in [3.63, 3.8) is 0 Å². The van der Waals surface area contributed by atoms with E-state index < -0.39 is 17.7 Å². The number of benzene rings is 2. The van der Waals surface area contributed by atoms with E-state index in [-0.39, 0.29) is 25.0 Å². The molecular weight excluding hydrogens is 538 g/mol. The van der Waals surface area contributed by atoms with Gasteiger partial charge in [-0.25, -0.2) is 14.8 Å². The zero-order valence-corrected chi connectivity index (χ0v) is 24.2. The van der Waals surface area contributed by atoms with Crippen LogP contribution in [0.25, 0.3) is 33.6 Å². The highest BCUT2D eigenvalue weighted by Crippen LogP contribution is 2.44. The van der Waals surface area contributed by atoms with Crippen LogP contribution in [0.5, 0.6) is 11.6 Å². The van der Waals surface area contributed by atoms with Crippen LogP contribution in [0.2, 0.25) is 0 Å². The Morgan fingerprint density at radius 3 is 2.45 bits per heavy atom. The van der Waals surface area contributed by atoms with Gasteiger partial charge in [-0.1, -0.05) is 42.5 Å². The summed E-state index contributed by atoms with van der Waals surface area (Å²) in [5.74, 6) is 0.810. The molecule has 2 unspecified atom stereocenters. The molecule has 4 aromatic rings. The molecule has 5 rings (SSSR count). The molecule has 10 nitrogen and oxygen atoms in total. The number of hydrogen-bond acceptors (Lipinski definition) is 8. The fourth-order valence-electron chi connectivity index (χ4n) is 5.23. The molecule has 1 amide bonds. The molecule has 0 bridgehead atoms. The maximum atomic E-state index is 13.0. The predicted octanol–water partition coefficient (Wildman–Crippen LogP) is 6.58. The van der Waals surface area contributed by atoms with E-state index in [1.54, 1.807) is 12.0 Å². The monoisotopic (exact) mass is 573 g/mol. The number of nitrogens with zero attached hydrogens (tertiary/aromatic N) is 3. The van der Waals surface area contributed by atoms with Gasteiger partial charge in [-0.3, -0.25) is 4.79 Å². The molecule has 1 aliphatic heterocycles. The van der Waals surface area contributed by atoms with E-state index in [2.05, 4.69) is 9.97 Å². The molecular formula is C32H35N3O7. The molecule has 3 heterocycles. The Morgan fingerprint density at radius 2 is 1.79 bits per heavy atom. The van der Waals surface area contributed by atoms with Crippen LogP contribution in [0.15, 0.2) is 65.3 Å². The first-order valence-electron chi connectivity index (χ1n) is 14.0. The summed E-state index contributed by atoms with van der Waals surface area (Å²) in [7, 11) is 1.62. The summed E-state index contributed by atoms with van der Waals surface area (Å²) in [6.07, 6.45) is 1.80. The summed E-state index contributed by atoms with van der Waals surface area (Å²) < 4.78 is 23.8. The van der Waals surface area contributed by atoms with Crippen molar-refractivity contribution in [2.24, 2.45) is 0 Å². The van der Waals surface area contributed by atoms with E-state index in [4.69, 9.17) is 18.6 Å². The Morgan fingerprint density at radius 1 is 1.05 bits per heavy atom. The normalized spacial score (nSPS) is 17.2. The van der Waals surface area contributed by atoms with Gasteiger partial charge in [0.1, 0.15) is 34.9 Å². The number of fused-ring (bicyclic) bond motifs is 1. The van der Waals surface area contributed by atoms with E-state index in [0.717, 1.165) is 22.4 Å². The third-order valence-corrected chi connectivity index (χ3v) is 7.13. The van der Waals surface area contributed by atoms with Gasteiger partial charge in [0.05, 0.1) is 7.11 Å². The molecule has 1 aliphatic rings. The van der Waals surface area contributed by atoms with Gasteiger partial charge in [-0.2, -0.15) is 0 Å². The van der Waals surface area contributed by atoms with Gasteiger partial charge >= 0.3 is 12.1 Å². The smallest absolute Gasteiger partial charge is 0.410 e. The van der Waals surface area contributed by atoms with E-state index in [1.807, 2.05) is 75.4 Å². The summed E-state index contributed by atoms with van der Waals surface area (Å²) in [5, 5.41) is 9.98. The number of carbonyl (C=O) groups excluding carboxylic acids is 1. The summed E-state index contributed by atoms with van der Waals surface area (Å²) in [6, 6.07) is 17.1. The SMILES string of the molecule is COc1ccc(-c2c(-c3ccccc3)oc3ncnc(OC4CCN(C(=O)OC(C)(C)C)C(CCC(=O)O)C4)c23)cc1. The lowest BCUT2D eigenvalue weighted by atomic mass is 9.95. The molecule has 0 spiro atoms. The molecule has 2 aromatic carbocycles. The largest absolute Gasteiger partial charge is 0.497 e. The summed E-state index contributed by atoms with van der Waals surface area (Å²) in [6.45, 7) is 5.79. The van der Waals surface area contributed by atoms with Crippen molar-refractivity contribution in [1.82, 2.24) is 14.9 Å². The van der Waals surface area contributed by atoms with Crippen molar-refractivity contribution < 1.29 is 33.3 Å². The number of aliphatic carboxylic acids is 1. The van der Waals surface area contributed by atoms with Crippen molar-refractivity contribution in [2.75, 3.05) is 13.7 Å². The van der Waals surface area contributed by atoms with Crippen LogP contribution in [0.3, 0.4) is 0 Å². The first kappa shape index (κ1) is 28.9. The average Bonchev–Trinajstić information content (AvgIpc) is 3.36. The van der Waals surface area contributed by atoms with Gasteiger partial charge in [0.2, 0.25) is 11.6 Å². The molecule has 10 heteroatoms. The zero-order valence-electron chi connectivity index (χ0n) is 24.2. The minimum absolute atomic E-state index is 0.0712. The van der Waals surface area contributed by atoms with Gasteiger partial charge < -0.3 is 28.6 Å². The van der Waals surface area contributed by atoms with E-state index in [1.165, 1.54) is 6.33 Å². The predicted molar refractivity (Wildman–Crippen MR) is 156 cm³/mol. The van der Waals surface area contributed by atoms with Crippen LogP contribution in [0.4, 0.5) is 4.79 Å². The summed E-state index contributed by atoms with van der Waals surface area (Å²) >= 11 is 0. The molecule has 0 aliphatic carbocycles. The second-order valence-electron chi connectivity index (χ2n) is 11.3. The van der Waals surface area contributed by atoms with Crippen LogP contribution in [0, 0.1) is 0 Å². The third kappa shape index (κ3) is 6.48. The van der Waals surface area contributed by atoms with Crippen LogP contribution < -0.4 is 9.47 Å². The number of aromatic nitrogens is 2. The first-order chi connectivity index (χ1) is 20.1. The maximum Gasteiger partial charge on any atom is 0.410 e. The lowest BCUT2D eigenvalue weighted by Gasteiger charge is -2.39. The van der Waals surface area contributed by atoms with Crippen LogP contribution in [-0.4, -0.2) is 63.4 Å². The fourth-order valence-corrected chi connectivity index (χ4v) is 5.23. The zero-order chi connectivity index (χ0) is 29.9. The van der Waals surface area contributed by atoms with Crippen LogP contribution >= 0.6 is 0 Å². The minimum Gasteiger partial charge on any atom is -0.497 e. The Kier molecular flexibility index (Phi) is 8.33. The number of rotatable bonds is 8. The first-order valence-corrected chi connectivity index (χ1v) is 14.0. The van der Waals surface area contributed by atoms with Gasteiger partial charge in [0, 0.05) is 43.0 Å². The van der Waals surface area contributed by atoms with Gasteiger partial charge in [-0.05, 0) is 44.9 Å². The van der Waals surface area contributed by atoms with Crippen LogP contribution in [-0.2, 0) is 9.53 Å². The lowest BCUT2D eigenvalue weighted by molar-refractivity contribution is -0.137. The Hall–Kier alpha value is -4.60. The number of furan rings is 1. The lowest BCUT2D eigenvalue weighted by Crippen LogP contribution is -2.50. The maximum absolute atomic E-state index is 13.0. The molecule has 2 aromatic heterocycles. The number of methoxy groups -OCH3 is 1. The van der Waals surface area contributed by atoms with Gasteiger partial charge in [-0.15, -0.1) is 0 Å². The summed E-state index contributed by atoms with van der Waals surface area (Å²) in [4.78, 5) is 34.9. The topological polar surface area (TPSA) is 124 Å². The highest BCUT2D eigenvalue weighted by atomic mass is 16.6. The van der Waals surface area contributed by atoms with E-state index in [9.17, 15) is 14.7 Å². The standard InChI is InChI=1S/C32H35N3O7/c1-32(2,3)42-31(38)35-17-16-24(18-22(35)12-15-25(36)37)40-29-27-26(20-10-13-23(39-4)14-11-20)28(21-8-6-5-7-9-21)41-30(27)34-19-33-29/h5-11,13-14,19,22,24H,12,15-18H2,1-4H3,(H,36,37). The van der Waals surface area contributed by atoms with E-state index in [0.29, 0.717) is 42.1 Å². The Labute approximate surface area is 244 Å². The molecule has 1 saturated heterocycles. The number of ether oxygens (including phenoxy) is 3. The number of hydrogen-bond donors (Lipinski definition) is 1. The Balaban J connectivity index is 1.50. The third-order valence-electron chi connectivity index (χ3n) is 7.13. The highest BCUT2D eigenvalue weighted by molar-refractivity contribution is 6.03. The van der Waals surface area contributed by atoms with Crippen molar-refractivity contribution in [2.45, 2.75) is 64.2 Å². The molecule has 2 atom stereocenters. The average molecular weight is 574 g/mol. The number of amides is 1. The molecule has 0 saturated carbocycles. The second-order valence-corrected chi connectivity index (χ2v) is 11.3. The fraction of sp³-hybridized carbons (Fsp3) is 0.375. The minimum atomic E-state index is -0.921.